The van der Waals surface area contributed by atoms with Gasteiger partial charge in [0.1, 0.15) is 12.4 Å². The molecule has 3 fully saturated rings. The van der Waals surface area contributed by atoms with Crippen molar-refractivity contribution in [3.05, 3.63) is 29.5 Å². The number of oxime groups is 1. The van der Waals surface area contributed by atoms with Gasteiger partial charge in [0.15, 0.2) is 0 Å². The fourth-order valence-electron chi connectivity index (χ4n) is 7.70. The first-order chi connectivity index (χ1) is 15.8. The number of oxazole rings is 1. The molecular weight excluding hydrogens is 414 g/mol. The minimum atomic E-state index is -0.0908. The van der Waals surface area contributed by atoms with Gasteiger partial charge in [-0.2, -0.15) is 0 Å². The first-order valence-corrected chi connectivity index (χ1v) is 13.0. The number of hydrogen-bond acceptors (Lipinski definition) is 6. The molecule has 4 aliphatic rings. The van der Waals surface area contributed by atoms with Gasteiger partial charge in [-0.15, -0.1) is 0 Å². The van der Waals surface area contributed by atoms with Crippen molar-refractivity contribution in [2.45, 2.75) is 84.3 Å². The maximum atomic E-state index is 10.7. The normalized spacial score (nSPS) is 39.2. The lowest BCUT2D eigenvalue weighted by molar-refractivity contribution is -0.0722. The Bertz CT molecular complexity index is 921. The fourth-order valence-corrected chi connectivity index (χ4v) is 7.70. The van der Waals surface area contributed by atoms with Crippen LogP contribution in [0.5, 0.6) is 0 Å². The van der Waals surface area contributed by atoms with Crippen molar-refractivity contribution in [2.24, 2.45) is 33.7 Å². The molecule has 1 heterocycles. The van der Waals surface area contributed by atoms with Crippen LogP contribution >= 0.6 is 0 Å². The highest BCUT2D eigenvalue weighted by molar-refractivity contribution is 5.96. The van der Waals surface area contributed by atoms with Crippen LogP contribution in [0, 0.1) is 28.6 Å². The molecule has 3 saturated carbocycles. The van der Waals surface area contributed by atoms with Crippen LogP contribution in [-0.4, -0.2) is 47.5 Å². The van der Waals surface area contributed by atoms with Crippen molar-refractivity contribution in [3.63, 3.8) is 0 Å². The summed E-state index contributed by atoms with van der Waals surface area (Å²) in [5, 5.41) is 15.2. The fraction of sp³-hybridized carbons (Fsp3) is 0.778. The van der Waals surface area contributed by atoms with Crippen molar-refractivity contribution >= 4 is 5.71 Å². The minimum absolute atomic E-state index is 0.0908. The van der Waals surface area contributed by atoms with E-state index in [4.69, 9.17) is 9.25 Å². The van der Waals surface area contributed by atoms with Gasteiger partial charge >= 0.3 is 0 Å². The van der Waals surface area contributed by atoms with Crippen LogP contribution in [0.25, 0.3) is 0 Å². The number of hydrogen-bond donors (Lipinski definition) is 1. The third-order valence-corrected chi connectivity index (χ3v) is 9.60. The highest BCUT2D eigenvalue weighted by Gasteiger charge is 2.58. The molecule has 6 nitrogen and oxygen atoms in total. The Hall–Kier alpha value is -1.66. The predicted octanol–water partition coefficient (Wildman–Crippen LogP) is 4.98. The third kappa shape index (κ3) is 4.18. The van der Waals surface area contributed by atoms with E-state index < -0.39 is 0 Å². The SMILES string of the molecule is CN(C)Cc1ncc(CCON=C2C=C3CCC4C5CCC(O)C5(C)CC[C@H]4C3(C)CC2)o1. The number of allylic oxidation sites excluding steroid dienone is 2. The maximum absolute atomic E-state index is 10.7. The molecule has 0 saturated heterocycles. The van der Waals surface area contributed by atoms with E-state index in [2.05, 4.69) is 30.1 Å². The van der Waals surface area contributed by atoms with Crippen LogP contribution in [0.1, 0.15) is 76.9 Å². The first-order valence-electron chi connectivity index (χ1n) is 13.0. The van der Waals surface area contributed by atoms with Crippen molar-refractivity contribution in [1.82, 2.24) is 9.88 Å². The Balaban J connectivity index is 1.20. The van der Waals surface area contributed by atoms with Crippen molar-refractivity contribution < 1.29 is 14.4 Å². The molecule has 6 atom stereocenters. The smallest absolute Gasteiger partial charge is 0.208 e. The van der Waals surface area contributed by atoms with E-state index in [1.165, 1.54) is 38.5 Å². The van der Waals surface area contributed by atoms with Crippen LogP contribution in [0.15, 0.2) is 27.4 Å². The van der Waals surface area contributed by atoms with Gasteiger partial charge in [0, 0.05) is 6.42 Å². The van der Waals surface area contributed by atoms with Crippen molar-refractivity contribution in [3.8, 4) is 0 Å². The summed E-state index contributed by atoms with van der Waals surface area (Å²) in [4.78, 5) is 12.0. The molecule has 0 bridgehead atoms. The van der Waals surface area contributed by atoms with E-state index in [9.17, 15) is 5.11 Å². The monoisotopic (exact) mass is 455 g/mol. The molecule has 4 aliphatic carbocycles. The number of fused-ring (bicyclic) bond motifs is 5. The Kier molecular flexibility index (Phi) is 6.19. The first kappa shape index (κ1) is 23.1. The van der Waals surface area contributed by atoms with E-state index in [0.717, 1.165) is 42.0 Å². The van der Waals surface area contributed by atoms with Crippen LogP contribution in [0.2, 0.25) is 0 Å². The van der Waals surface area contributed by atoms with Gasteiger partial charge in [-0.3, -0.25) is 0 Å². The molecule has 1 aromatic rings. The predicted molar refractivity (Wildman–Crippen MR) is 129 cm³/mol. The summed E-state index contributed by atoms with van der Waals surface area (Å²) >= 11 is 0. The van der Waals surface area contributed by atoms with Crippen LogP contribution in [0.3, 0.4) is 0 Å². The van der Waals surface area contributed by atoms with Gasteiger partial charge in [0.2, 0.25) is 5.89 Å². The zero-order valence-electron chi connectivity index (χ0n) is 20.8. The minimum Gasteiger partial charge on any atom is -0.444 e. The van der Waals surface area contributed by atoms with Gasteiger partial charge in [-0.25, -0.2) is 4.98 Å². The molecular formula is C27H41N3O3. The highest BCUT2D eigenvalue weighted by atomic mass is 16.6. The van der Waals surface area contributed by atoms with E-state index >= 15 is 0 Å². The van der Waals surface area contributed by atoms with Crippen molar-refractivity contribution in [1.29, 1.82) is 0 Å². The molecule has 0 amide bonds. The molecule has 0 spiro atoms. The Labute approximate surface area is 198 Å². The lowest BCUT2D eigenvalue weighted by atomic mass is 9.47. The summed E-state index contributed by atoms with van der Waals surface area (Å²) in [6.45, 7) is 6.09. The quantitative estimate of drug-likeness (QED) is 0.484. The Morgan fingerprint density at radius 3 is 2.82 bits per heavy atom. The average Bonchev–Trinajstić information content (AvgIpc) is 3.34. The summed E-state index contributed by atoms with van der Waals surface area (Å²) < 4.78 is 5.76. The molecule has 0 radical (unpaired) electrons. The molecule has 0 aliphatic heterocycles. The molecule has 5 unspecified atom stereocenters. The summed E-state index contributed by atoms with van der Waals surface area (Å²) in [5.41, 5.74) is 3.12. The average molecular weight is 456 g/mol. The third-order valence-electron chi connectivity index (χ3n) is 9.60. The Morgan fingerprint density at radius 1 is 1.15 bits per heavy atom. The van der Waals surface area contributed by atoms with E-state index in [1.807, 2.05) is 19.0 Å². The number of rotatable bonds is 6. The van der Waals surface area contributed by atoms with E-state index in [1.54, 1.807) is 11.8 Å². The lowest BCUT2D eigenvalue weighted by Gasteiger charge is -2.57. The van der Waals surface area contributed by atoms with Gasteiger partial charge in [0.05, 0.1) is 24.6 Å². The van der Waals surface area contributed by atoms with E-state index in [-0.39, 0.29) is 11.5 Å². The van der Waals surface area contributed by atoms with Crippen molar-refractivity contribution in [2.75, 3.05) is 20.7 Å². The molecule has 1 N–H and O–H groups in total. The second kappa shape index (κ2) is 8.84. The van der Waals surface area contributed by atoms with Crippen LogP contribution < -0.4 is 0 Å². The summed E-state index contributed by atoms with van der Waals surface area (Å²) in [7, 11) is 4.01. The second-order valence-corrected chi connectivity index (χ2v) is 11.8. The van der Waals surface area contributed by atoms with Gasteiger partial charge in [-0.05, 0) is 100 Å². The molecule has 33 heavy (non-hydrogen) atoms. The second-order valence-electron chi connectivity index (χ2n) is 11.8. The van der Waals surface area contributed by atoms with Gasteiger partial charge in [-0.1, -0.05) is 24.6 Å². The largest absolute Gasteiger partial charge is 0.444 e. The molecule has 0 aromatic carbocycles. The lowest BCUT2D eigenvalue weighted by Crippen LogP contribution is -2.51. The number of aliphatic hydroxyl groups is 1. The molecule has 182 valence electrons. The highest BCUT2D eigenvalue weighted by Crippen LogP contribution is 2.65. The number of aliphatic hydroxyl groups excluding tert-OH is 1. The van der Waals surface area contributed by atoms with Crippen LogP contribution in [-0.2, 0) is 17.8 Å². The summed E-state index contributed by atoms with van der Waals surface area (Å²) in [6.07, 6.45) is 14.0. The Morgan fingerprint density at radius 2 is 2.00 bits per heavy atom. The standard InChI is InChI=1S/C27H41N3O3/c1-26-12-9-19(29-32-14-11-20-16-28-25(33-20)17-30(3)4)15-18(26)5-6-21-22-7-8-24(31)27(22,2)13-10-23(21)26/h15-16,21-24,31H,5-14,17H2,1-4H3/t21?,22?,23-,24?,26?,27?/m1/s1. The van der Waals surface area contributed by atoms with Gasteiger partial charge < -0.3 is 19.3 Å². The zero-order chi connectivity index (χ0) is 23.2. The van der Waals surface area contributed by atoms with Gasteiger partial charge in [0.25, 0.3) is 0 Å². The number of aromatic nitrogens is 1. The number of nitrogens with zero attached hydrogens (tertiary/aromatic N) is 3. The van der Waals surface area contributed by atoms with Crippen LogP contribution in [0.4, 0.5) is 0 Å². The molecule has 6 heteroatoms. The topological polar surface area (TPSA) is 71.1 Å². The molecule has 1 aromatic heterocycles. The zero-order valence-corrected chi connectivity index (χ0v) is 20.8. The summed E-state index contributed by atoms with van der Waals surface area (Å²) in [6, 6.07) is 0. The summed E-state index contributed by atoms with van der Waals surface area (Å²) in [5.74, 6) is 3.82. The molecule has 5 rings (SSSR count). The van der Waals surface area contributed by atoms with E-state index in [0.29, 0.717) is 30.9 Å². The maximum Gasteiger partial charge on any atom is 0.208 e.